The predicted molar refractivity (Wildman–Crippen MR) is 92.2 cm³/mol. The number of Topliss-reactive ketones (excluding diaryl/α,β-unsaturated/α-hetero) is 1. The third-order valence-corrected chi connectivity index (χ3v) is 3.63. The Morgan fingerprint density at radius 2 is 1.71 bits per heavy atom. The molecule has 0 atom stereocenters. The van der Waals surface area contributed by atoms with Gasteiger partial charge in [0.25, 0.3) is 5.91 Å². The number of nitrogens with zero attached hydrogens (tertiary/aromatic N) is 2. The molecule has 0 fully saturated rings. The first-order valence-electron chi connectivity index (χ1n) is 7.60. The second kappa shape index (κ2) is 6.91. The van der Waals surface area contributed by atoms with Crippen molar-refractivity contribution >= 4 is 17.4 Å². The van der Waals surface area contributed by atoms with E-state index in [-0.39, 0.29) is 11.7 Å². The van der Waals surface area contributed by atoms with Gasteiger partial charge in [-0.3, -0.25) is 14.3 Å². The third kappa shape index (κ3) is 3.76. The van der Waals surface area contributed by atoms with Gasteiger partial charge in [0.1, 0.15) is 0 Å². The number of nitrogens with one attached hydrogen (secondary N) is 1. The molecule has 0 saturated carbocycles. The molecule has 120 valence electrons. The average Bonchev–Trinajstić information content (AvgIpc) is 3.05. The van der Waals surface area contributed by atoms with Crippen LogP contribution in [0.4, 0.5) is 5.69 Å². The van der Waals surface area contributed by atoms with Crippen LogP contribution in [-0.4, -0.2) is 21.5 Å². The van der Waals surface area contributed by atoms with Crippen LogP contribution in [0.15, 0.2) is 67.0 Å². The molecule has 0 aliphatic carbocycles. The normalized spacial score (nSPS) is 10.4. The molecular formula is C19H17N3O2. The Bertz CT molecular complexity index is 852. The summed E-state index contributed by atoms with van der Waals surface area (Å²) in [5.41, 5.74) is 2.86. The van der Waals surface area contributed by atoms with E-state index >= 15 is 0 Å². The number of carbonyl (C=O) groups excluding carboxylic acids is 2. The van der Waals surface area contributed by atoms with Crippen molar-refractivity contribution in [3.8, 4) is 0 Å². The highest BCUT2D eigenvalue weighted by Crippen LogP contribution is 2.12. The summed E-state index contributed by atoms with van der Waals surface area (Å²) in [6.45, 7) is 2.12. The topological polar surface area (TPSA) is 64.0 Å². The van der Waals surface area contributed by atoms with E-state index < -0.39 is 0 Å². The van der Waals surface area contributed by atoms with Gasteiger partial charge in [-0.1, -0.05) is 30.3 Å². The number of carbonyl (C=O) groups is 2. The van der Waals surface area contributed by atoms with Crippen molar-refractivity contribution in [2.75, 3.05) is 5.32 Å². The lowest BCUT2D eigenvalue weighted by Gasteiger charge is -2.04. The number of hydrogen-bond donors (Lipinski definition) is 1. The van der Waals surface area contributed by atoms with Gasteiger partial charge in [0.15, 0.2) is 5.78 Å². The maximum absolute atomic E-state index is 12.3. The van der Waals surface area contributed by atoms with E-state index in [0.29, 0.717) is 23.4 Å². The van der Waals surface area contributed by atoms with Crippen molar-refractivity contribution < 1.29 is 9.59 Å². The first-order chi connectivity index (χ1) is 11.6. The fourth-order valence-corrected chi connectivity index (χ4v) is 2.33. The molecule has 2 aromatic carbocycles. The minimum atomic E-state index is -0.232. The maximum atomic E-state index is 12.3. The maximum Gasteiger partial charge on any atom is 0.258 e. The molecule has 3 aromatic rings. The molecule has 0 radical (unpaired) electrons. The molecule has 0 aliphatic rings. The monoisotopic (exact) mass is 319 g/mol. The summed E-state index contributed by atoms with van der Waals surface area (Å²) >= 11 is 0. The van der Waals surface area contributed by atoms with Gasteiger partial charge in [0, 0.05) is 17.4 Å². The van der Waals surface area contributed by atoms with Crippen molar-refractivity contribution in [1.82, 2.24) is 9.78 Å². The summed E-state index contributed by atoms with van der Waals surface area (Å²) in [6.07, 6.45) is 3.26. The fourth-order valence-electron chi connectivity index (χ4n) is 2.33. The Morgan fingerprint density at radius 3 is 2.38 bits per heavy atom. The lowest BCUT2D eigenvalue weighted by atomic mass is 10.1. The highest BCUT2D eigenvalue weighted by Gasteiger charge is 2.09. The molecule has 1 N–H and O–H groups in total. The Balaban J connectivity index is 1.66. The molecule has 0 saturated heterocycles. The van der Waals surface area contributed by atoms with Crippen molar-refractivity contribution in [1.29, 1.82) is 0 Å². The van der Waals surface area contributed by atoms with E-state index in [4.69, 9.17) is 0 Å². The average molecular weight is 319 g/mol. The molecule has 24 heavy (non-hydrogen) atoms. The SMILES string of the molecule is CC(=O)c1ccc(NC(=O)c2cnn(Cc3ccccc3)c2)cc1. The number of anilines is 1. The van der Waals surface area contributed by atoms with Gasteiger partial charge in [-0.2, -0.15) is 5.10 Å². The fraction of sp³-hybridized carbons (Fsp3) is 0.105. The number of amides is 1. The van der Waals surface area contributed by atoms with E-state index in [1.165, 1.54) is 6.92 Å². The first kappa shape index (κ1) is 15.7. The zero-order valence-corrected chi connectivity index (χ0v) is 13.3. The van der Waals surface area contributed by atoms with E-state index in [1.807, 2.05) is 30.3 Å². The third-order valence-electron chi connectivity index (χ3n) is 3.63. The lowest BCUT2D eigenvalue weighted by Crippen LogP contribution is -2.11. The van der Waals surface area contributed by atoms with Crippen LogP contribution >= 0.6 is 0 Å². The van der Waals surface area contributed by atoms with Crippen LogP contribution in [-0.2, 0) is 6.54 Å². The molecule has 1 heterocycles. The summed E-state index contributed by atoms with van der Waals surface area (Å²) in [5.74, 6) is -0.236. The molecular weight excluding hydrogens is 302 g/mol. The van der Waals surface area contributed by atoms with Gasteiger partial charge >= 0.3 is 0 Å². The number of ketones is 1. The summed E-state index contributed by atoms with van der Waals surface area (Å²) in [5, 5.41) is 7.02. The van der Waals surface area contributed by atoms with Gasteiger partial charge in [-0.05, 0) is 36.8 Å². The van der Waals surface area contributed by atoms with Crippen molar-refractivity contribution in [2.24, 2.45) is 0 Å². The molecule has 1 amide bonds. The van der Waals surface area contributed by atoms with E-state index in [2.05, 4.69) is 10.4 Å². The van der Waals surface area contributed by atoms with E-state index in [1.54, 1.807) is 41.3 Å². The van der Waals surface area contributed by atoms with Crippen LogP contribution < -0.4 is 5.32 Å². The van der Waals surface area contributed by atoms with Crippen molar-refractivity contribution in [3.05, 3.63) is 83.7 Å². The van der Waals surface area contributed by atoms with Crippen molar-refractivity contribution in [3.63, 3.8) is 0 Å². The highest BCUT2D eigenvalue weighted by atomic mass is 16.1. The number of benzene rings is 2. The minimum absolute atomic E-state index is 0.00457. The van der Waals surface area contributed by atoms with Crippen LogP contribution in [0.2, 0.25) is 0 Å². The molecule has 0 aliphatic heterocycles. The van der Waals surface area contributed by atoms with E-state index in [9.17, 15) is 9.59 Å². The zero-order chi connectivity index (χ0) is 16.9. The van der Waals surface area contributed by atoms with Gasteiger partial charge in [-0.25, -0.2) is 0 Å². The molecule has 1 aromatic heterocycles. The van der Waals surface area contributed by atoms with Crippen LogP contribution in [0.25, 0.3) is 0 Å². The van der Waals surface area contributed by atoms with Crippen molar-refractivity contribution in [2.45, 2.75) is 13.5 Å². The minimum Gasteiger partial charge on any atom is -0.322 e. The van der Waals surface area contributed by atoms with Gasteiger partial charge in [0.05, 0.1) is 18.3 Å². The standard InChI is InChI=1S/C19H17N3O2/c1-14(23)16-7-9-18(10-8-16)21-19(24)17-11-20-22(13-17)12-15-5-3-2-4-6-15/h2-11,13H,12H2,1H3,(H,21,24). The Hall–Kier alpha value is -3.21. The number of hydrogen-bond acceptors (Lipinski definition) is 3. The predicted octanol–water partition coefficient (Wildman–Crippen LogP) is 3.39. The van der Waals surface area contributed by atoms with E-state index in [0.717, 1.165) is 5.56 Å². The zero-order valence-electron chi connectivity index (χ0n) is 13.3. The number of rotatable bonds is 5. The summed E-state index contributed by atoms with van der Waals surface area (Å²) < 4.78 is 1.73. The van der Waals surface area contributed by atoms with Crippen LogP contribution in [0.3, 0.4) is 0 Å². The lowest BCUT2D eigenvalue weighted by molar-refractivity contribution is 0.101. The second-order valence-electron chi connectivity index (χ2n) is 5.50. The smallest absolute Gasteiger partial charge is 0.258 e. The molecule has 5 heteroatoms. The molecule has 5 nitrogen and oxygen atoms in total. The Morgan fingerprint density at radius 1 is 1.00 bits per heavy atom. The summed E-state index contributed by atoms with van der Waals surface area (Å²) in [6, 6.07) is 16.7. The van der Waals surface area contributed by atoms with Gasteiger partial charge < -0.3 is 5.32 Å². The first-order valence-corrected chi connectivity index (χ1v) is 7.60. The molecule has 3 rings (SSSR count). The highest BCUT2D eigenvalue weighted by molar-refractivity contribution is 6.04. The van der Waals surface area contributed by atoms with Crippen LogP contribution in [0.1, 0.15) is 33.2 Å². The quantitative estimate of drug-likeness (QED) is 0.733. The van der Waals surface area contributed by atoms with Crippen LogP contribution in [0, 0.1) is 0 Å². The van der Waals surface area contributed by atoms with Crippen LogP contribution in [0.5, 0.6) is 0 Å². The largest absolute Gasteiger partial charge is 0.322 e. The summed E-state index contributed by atoms with van der Waals surface area (Å²) in [7, 11) is 0. The summed E-state index contributed by atoms with van der Waals surface area (Å²) in [4.78, 5) is 23.5. The Labute approximate surface area is 139 Å². The second-order valence-corrected chi connectivity index (χ2v) is 5.50. The Kier molecular flexibility index (Phi) is 4.52. The number of aromatic nitrogens is 2. The molecule has 0 spiro atoms. The molecule has 0 unspecified atom stereocenters. The van der Waals surface area contributed by atoms with Gasteiger partial charge in [0.2, 0.25) is 0 Å². The van der Waals surface area contributed by atoms with Gasteiger partial charge in [-0.15, -0.1) is 0 Å². The molecule has 0 bridgehead atoms.